The van der Waals surface area contributed by atoms with E-state index in [1.807, 2.05) is 18.2 Å². The lowest BCUT2D eigenvalue weighted by Gasteiger charge is -2.14. The second kappa shape index (κ2) is 6.69. The van der Waals surface area contributed by atoms with Crippen molar-refractivity contribution in [2.45, 2.75) is 4.90 Å². The van der Waals surface area contributed by atoms with Gasteiger partial charge in [-0.3, -0.25) is 9.36 Å². The molecule has 7 heteroatoms. The Balaban J connectivity index is 2.05. The van der Waals surface area contributed by atoms with Gasteiger partial charge in [0.05, 0.1) is 21.5 Å². The molecule has 0 atom stereocenters. The molecule has 0 aliphatic rings. The van der Waals surface area contributed by atoms with Gasteiger partial charge in [0.1, 0.15) is 11.6 Å². The summed E-state index contributed by atoms with van der Waals surface area (Å²) in [5.41, 5.74) is 1.04. The van der Waals surface area contributed by atoms with Crippen LogP contribution in [0, 0.1) is 5.82 Å². The third-order valence-electron chi connectivity index (χ3n) is 4.39. The molecule has 4 aromatic rings. The number of nitrogens with zero attached hydrogens (tertiary/aromatic N) is 2. The molecule has 28 heavy (non-hydrogen) atoms. The van der Waals surface area contributed by atoms with Crippen molar-refractivity contribution in [1.82, 2.24) is 9.55 Å². The molecule has 4 rings (SSSR count). The Labute approximate surface area is 160 Å². The van der Waals surface area contributed by atoms with Crippen molar-refractivity contribution < 1.29 is 12.8 Å². The summed E-state index contributed by atoms with van der Waals surface area (Å²) in [5, 5.41) is 0.272. The summed E-state index contributed by atoms with van der Waals surface area (Å²) in [6.45, 7) is 0. The Kier molecular flexibility index (Phi) is 4.31. The number of sulfone groups is 1. The number of aromatic nitrogens is 2. The van der Waals surface area contributed by atoms with Crippen LogP contribution in [0.2, 0.25) is 0 Å². The lowest BCUT2D eigenvalue weighted by atomic mass is 10.1. The van der Waals surface area contributed by atoms with Crippen molar-refractivity contribution in [2.24, 2.45) is 0 Å². The normalized spacial score (nSPS) is 11.6. The van der Waals surface area contributed by atoms with Crippen molar-refractivity contribution in [3.63, 3.8) is 0 Å². The van der Waals surface area contributed by atoms with Crippen molar-refractivity contribution in [1.29, 1.82) is 0 Å². The van der Waals surface area contributed by atoms with Crippen LogP contribution in [-0.2, 0) is 9.84 Å². The van der Waals surface area contributed by atoms with E-state index in [2.05, 4.69) is 4.98 Å². The van der Waals surface area contributed by atoms with Gasteiger partial charge >= 0.3 is 0 Å². The van der Waals surface area contributed by atoms with Gasteiger partial charge in [-0.2, -0.15) is 0 Å². The Morgan fingerprint density at radius 2 is 1.61 bits per heavy atom. The maximum Gasteiger partial charge on any atom is 0.266 e. The van der Waals surface area contributed by atoms with E-state index >= 15 is 0 Å². The maximum absolute atomic E-state index is 13.7. The van der Waals surface area contributed by atoms with Crippen LogP contribution in [0.15, 0.2) is 82.5 Å². The second-order valence-corrected chi connectivity index (χ2v) is 8.39. The fraction of sp³-hybridized carbons (Fsp3) is 0.0476. The first-order chi connectivity index (χ1) is 13.3. The summed E-state index contributed by atoms with van der Waals surface area (Å²) in [5.74, 6) is -0.135. The Bertz CT molecular complexity index is 1350. The van der Waals surface area contributed by atoms with Gasteiger partial charge in [-0.1, -0.05) is 30.3 Å². The van der Waals surface area contributed by atoms with Crippen LogP contribution in [0.4, 0.5) is 4.39 Å². The van der Waals surface area contributed by atoms with E-state index < -0.39 is 15.7 Å². The molecule has 0 fully saturated rings. The first-order valence-electron chi connectivity index (χ1n) is 8.43. The highest BCUT2D eigenvalue weighted by molar-refractivity contribution is 7.90. The molecular weight excluding hydrogens is 379 g/mol. The molecule has 1 heterocycles. The Hall–Kier alpha value is -3.32. The quantitative estimate of drug-likeness (QED) is 0.532. The summed E-state index contributed by atoms with van der Waals surface area (Å²) in [6, 6.07) is 18.9. The van der Waals surface area contributed by atoms with Crippen LogP contribution in [0.3, 0.4) is 0 Å². The number of hydrogen-bond acceptors (Lipinski definition) is 4. The SMILES string of the molecule is CS(=O)(=O)c1ccc(-n2c(-c3ccccc3)nc3cc(F)ccc3c2=O)cc1. The van der Waals surface area contributed by atoms with E-state index in [1.165, 1.54) is 34.9 Å². The van der Waals surface area contributed by atoms with Crippen molar-refractivity contribution in [2.75, 3.05) is 6.26 Å². The van der Waals surface area contributed by atoms with Crippen LogP contribution in [-0.4, -0.2) is 24.2 Å². The molecule has 0 aliphatic heterocycles. The predicted molar refractivity (Wildman–Crippen MR) is 106 cm³/mol. The Morgan fingerprint density at radius 1 is 0.929 bits per heavy atom. The standard InChI is InChI=1S/C21H15FN2O3S/c1-28(26,27)17-10-8-16(9-11-17)24-20(14-5-3-2-4-6-14)23-19-13-15(22)7-12-18(19)21(24)25/h2-13H,1H3. The van der Waals surface area contributed by atoms with Gasteiger partial charge in [-0.25, -0.2) is 17.8 Å². The average Bonchev–Trinajstić information content (AvgIpc) is 2.68. The van der Waals surface area contributed by atoms with E-state index in [0.717, 1.165) is 6.26 Å². The van der Waals surface area contributed by atoms with Crippen LogP contribution < -0.4 is 5.56 Å². The molecular formula is C21H15FN2O3S. The lowest BCUT2D eigenvalue weighted by Crippen LogP contribution is -2.22. The molecule has 140 valence electrons. The minimum absolute atomic E-state index is 0.154. The molecule has 0 spiro atoms. The summed E-state index contributed by atoms with van der Waals surface area (Å²) < 4.78 is 38.5. The molecule has 0 bridgehead atoms. The third kappa shape index (κ3) is 3.20. The first-order valence-corrected chi connectivity index (χ1v) is 10.3. The van der Waals surface area contributed by atoms with Crippen LogP contribution in [0.1, 0.15) is 0 Å². The molecule has 1 aromatic heterocycles. The number of halogens is 1. The number of benzene rings is 3. The first kappa shape index (κ1) is 18.1. The summed E-state index contributed by atoms with van der Waals surface area (Å²) >= 11 is 0. The fourth-order valence-electron chi connectivity index (χ4n) is 3.02. The van der Waals surface area contributed by atoms with Gasteiger partial charge in [0.2, 0.25) is 0 Å². The molecule has 0 radical (unpaired) electrons. The molecule has 5 nitrogen and oxygen atoms in total. The average molecular weight is 394 g/mol. The van der Waals surface area contributed by atoms with Crippen molar-refractivity contribution in [3.8, 4) is 17.1 Å². The molecule has 0 unspecified atom stereocenters. The number of fused-ring (bicyclic) bond motifs is 1. The summed E-state index contributed by atoms with van der Waals surface area (Å²) in [4.78, 5) is 17.9. The smallest absolute Gasteiger partial charge is 0.266 e. The number of hydrogen-bond donors (Lipinski definition) is 0. The predicted octanol–water partition coefficient (Wildman–Crippen LogP) is 3.60. The topological polar surface area (TPSA) is 69.0 Å². The van der Waals surface area contributed by atoms with E-state index in [0.29, 0.717) is 17.1 Å². The van der Waals surface area contributed by atoms with Crippen LogP contribution in [0.25, 0.3) is 28.0 Å². The maximum atomic E-state index is 13.7. The second-order valence-electron chi connectivity index (χ2n) is 6.37. The van der Waals surface area contributed by atoms with Gasteiger partial charge in [-0.05, 0) is 36.4 Å². The minimum Gasteiger partial charge on any atom is -0.268 e. The molecule has 0 saturated heterocycles. The monoisotopic (exact) mass is 394 g/mol. The fourth-order valence-corrected chi connectivity index (χ4v) is 3.65. The van der Waals surface area contributed by atoms with E-state index in [9.17, 15) is 17.6 Å². The zero-order valence-electron chi connectivity index (χ0n) is 14.8. The molecule has 0 aliphatic carbocycles. The Morgan fingerprint density at radius 3 is 2.25 bits per heavy atom. The largest absolute Gasteiger partial charge is 0.268 e. The zero-order chi connectivity index (χ0) is 19.9. The van der Waals surface area contributed by atoms with E-state index in [4.69, 9.17) is 0 Å². The van der Waals surface area contributed by atoms with E-state index in [-0.39, 0.29) is 21.4 Å². The zero-order valence-corrected chi connectivity index (χ0v) is 15.7. The van der Waals surface area contributed by atoms with Gasteiger partial charge in [-0.15, -0.1) is 0 Å². The minimum atomic E-state index is -3.36. The van der Waals surface area contributed by atoms with Crippen molar-refractivity contribution in [3.05, 3.63) is 89.0 Å². The van der Waals surface area contributed by atoms with Gasteiger partial charge in [0, 0.05) is 17.9 Å². The van der Waals surface area contributed by atoms with Crippen LogP contribution in [0.5, 0.6) is 0 Å². The van der Waals surface area contributed by atoms with Gasteiger partial charge in [0.15, 0.2) is 9.84 Å². The summed E-state index contributed by atoms with van der Waals surface area (Å²) in [6.07, 6.45) is 1.12. The van der Waals surface area contributed by atoms with Gasteiger partial charge in [0.25, 0.3) is 5.56 Å². The van der Waals surface area contributed by atoms with Gasteiger partial charge < -0.3 is 0 Å². The third-order valence-corrected chi connectivity index (χ3v) is 5.51. The highest BCUT2D eigenvalue weighted by Gasteiger charge is 2.16. The van der Waals surface area contributed by atoms with Crippen molar-refractivity contribution >= 4 is 20.7 Å². The summed E-state index contributed by atoms with van der Waals surface area (Å²) in [7, 11) is -3.36. The van der Waals surface area contributed by atoms with E-state index in [1.54, 1.807) is 24.3 Å². The van der Waals surface area contributed by atoms with Crippen LogP contribution >= 0.6 is 0 Å². The molecule has 0 amide bonds. The molecule has 0 N–H and O–H groups in total. The molecule has 0 saturated carbocycles. The number of rotatable bonds is 3. The molecule has 3 aromatic carbocycles. The highest BCUT2D eigenvalue weighted by Crippen LogP contribution is 2.23. The lowest BCUT2D eigenvalue weighted by molar-refractivity contribution is 0.602. The highest BCUT2D eigenvalue weighted by atomic mass is 32.2.